The largest absolute Gasteiger partial charge is 0.459 e. The van der Waals surface area contributed by atoms with Crippen LogP contribution >= 0.6 is 0 Å². The molecule has 5 aromatic rings. The zero-order valence-corrected chi connectivity index (χ0v) is 33.3. The van der Waals surface area contributed by atoms with Crippen molar-refractivity contribution in [3.63, 3.8) is 0 Å². The number of carbonyl (C=O) groups excluding carboxylic acids is 5. The van der Waals surface area contributed by atoms with Crippen LogP contribution in [0.1, 0.15) is 51.8 Å². The molecule has 6 unspecified atom stereocenters. The van der Waals surface area contributed by atoms with Crippen LogP contribution in [0.4, 0.5) is 0 Å². The minimum Gasteiger partial charge on any atom is -0.459 e. The molecule has 0 saturated carbocycles. The Labute approximate surface area is 360 Å². The fraction of sp³-hybridized carbons (Fsp3) is 0.255. The number of hydrogen-bond acceptors (Lipinski definition) is 16. The summed E-state index contributed by atoms with van der Waals surface area (Å²) in [6.45, 7) is -1.56. The summed E-state index contributed by atoms with van der Waals surface area (Å²) in [6.07, 6.45) is -18.0. The van der Waals surface area contributed by atoms with Gasteiger partial charge >= 0.3 is 29.8 Å². The summed E-state index contributed by atoms with van der Waals surface area (Å²) < 4.78 is 47.6. The summed E-state index contributed by atoms with van der Waals surface area (Å²) in [7, 11) is 0. The van der Waals surface area contributed by atoms with Gasteiger partial charge in [0.1, 0.15) is 31.0 Å². The van der Waals surface area contributed by atoms with Crippen molar-refractivity contribution in [1.82, 2.24) is 0 Å². The van der Waals surface area contributed by atoms with Gasteiger partial charge in [0.25, 0.3) is 0 Å². The van der Waals surface area contributed by atoms with E-state index in [0.717, 1.165) is 0 Å². The van der Waals surface area contributed by atoms with E-state index in [1.165, 1.54) is 60.7 Å². The van der Waals surface area contributed by atoms with Gasteiger partial charge in [0, 0.05) is 0 Å². The van der Waals surface area contributed by atoms with Crippen molar-refractivity contribution in [2.75, 3.05) is 13.2 Å². The molecule has 63 heavy (non-hydrogen) atoms. The molecule has 2 saturated heterocycles. The molecular formula is C47H42O16. The highest BCUT2D eigenvalue weighted by Gasteiger charge is 2.56. The monoisotopic (exact) mass is 862 g/mol. The van der Waals surface area contributed by atoms with Gasteiger partial charge in [0.15, 0.2) is 37.0 Å². The van der Waals surface area contributed by atoms with Crippen LogP contribution in [-0.2, 0) is 37.9 Å². The molecule has 10 atom stereocenters. The average Bonchev–Trinajstić information content (AvgIpc) is 3.33. The lowest BCUT2D eigenvalue weighted by molar-refractivity contribution is -0.352. The third kappa shape index (κ3) is 10.8. The van der Waals surface area contributed by atoms with Crippen molar-refractivity contribution in [1.29, 1.82) is 0 Å². The summed E-state index contributed by atoms with van der Waals surface area (Å²) in [4.78, 5) is 68.0. The number of aliphatic hydroxyl groups excluding tert-OH is 3. The summed E-state index contributed by atoms with van der Waals surface area (Å²) in [5.74, 6) is -4.67. The summed E-state index contributed by atoms with van der Waals surface area (Å²) >= 11 is 0. The molecule has 0 radical (unpaired) electrons. The van der Waals surface area contributed by atoms with E-state index in [-0.39, 0.29) is 27.8 Å². The number of rotatable bonds is 14. The van der Waals surface area contributed by atoms with Crippen molar-refractivity contribution < 1.29 is 77.2 Å². The molecule has 3 N–H and O–H groups in total. The third-order valence-electron chi connectivity index (χ3n) is 10.1. The summed E-state index contributed by atoms with van der Waals surface area (Å²) in [5.41, 5.74) is 0.353. The average molecular weight is 863 g/mol. The standard InChI is InChI=1S/C47H42O16/c48-26-33-35(49)37(59-42(51)29-18-8-2-9-19-29)40(62-45(54)32-24-14-5-15-25-32)47(58-33)63-36-34(27-56-41(50)28-16-6-1-7-17-28)57-46(55)39(61-44(53)31-22-12-4-13-23-31)38(36)60-43(52)30-20-10-3-11-21-30/h1-25,33-40,46-49,55H,26-27H2/t33?,34?,35-,36+,37?,38?,39?,40?,46+,47-/m0/s1. The molecule has 0 aromatic heterocycles. The van der Waals surface area contributed by atoms with Crippen molar-refractivity contribution in [3.05, 3.63) is 179 Å². The van der Waals surface area contributed by atoms with Crippen molar-refractivity contribution in [2.45, 2.75) is 61.4 Å². The predicted molar refractivity (Wildman–Crippen MR) is 217 cm³/mol. The smallest absolute Gasteiger partial charge is 0.338 e. The minimum absolute atomic E-state index is 0.0392. The van der Waals surface area contributed by atoms with E-state index in [1.807, 2.05) is 0 Å². The normalized spacial score (nSPS) is 25.4. The van der Waals surface area contributed by atoms with Crippen LogP contribution in [0, 0.1) is 0 Å². The highest BCUT2D eigenvalue weighted by atomic mass is 16.8. The quantitative estimate of drug-likeness (QED) is 0.106. The first-order valence-corrected chi connectivity index (χ1v) is 19.8. The predicted octanol–water partition coefficient (Wildman–Crippen LogP) is 3.93. The molecule has 326 valence electrons. The van der Waals surface area contributed by atoms with Crippen LogP contribution in [0.25, 0.3) is 0 Å². The van der Waals surface area contributed by atoms with E-state index in [0.29, 0.717) is 0 Å². The van der Waals surface area contributed by atoms with E-state index in [2.05, 4.69) is 0 Å². The van der Waals surface area contributed by atoms with Gasteiger partial charge < -0.3 is 53.2 Å². The molecule has 16 nitrogen and oxygen atoms in total. The molecule has 0 amide bonds. The van der Waals surface area contributed by atoms with Gasteiger partial charge in [-0.3, -0.25) is 0 Å². The Bertz CT molecular complexity index is 2300. The van der Waals surface area contributed by atoms with E-state index in [1.54, 1.807) is 91.0 Å². The molecule has 16 heteroatoms. The summed E-state index contributed by atoms with van der Waals surface area (Å²) in [6, 6.07) is 38.7. The number of carbonyl (C=O) groups is 5. The Morgan fingerprint density at radius 2 is 0.794 bits per heavy atom. The first-order valence-electron chi connectivity index (χ1n) is 19.8. The van der Waals surface area contributed by atoms with Gasteiger partial charge in [-0.05, 0) is 60.7 Å². The highest BCUT2D eigenvalue weighted by molar-refractivity contribution is 5.92. The second-order valence-electron chi connectivity index (χ2n) is 14.3. The van der Waals surface area contributed by atoms with E-state index in [4.69, 9.17) is 37.9 Å². The van der Waals surface area contributed by atoms with Gasteiger partial charge in [0.05, 0.1) is 34.4 Å². The Morgan fingerprint density at radius 3 is 1.21 bits per heavy atom. The van der Waals surface area contributed by atoms with Crippen LogP contribution in [-0.4, -0.2) is 120 Å². The zero-order valence-electron chi connectivity index (χ0n) is 33.3. The van der Waals surface area contributed by atoms with Gasteiger partial charge in [-0.15, -0.1) is 0 Å². The van der Waals surface area contributed by atoms with E-state index >= 15 is 0 Å². The number of hydrogen-bond donors (Lipinski definition) is 3. The summed E-state index contributed by atoms with van der Waals surface area (Å²) in [5, 5.41) is 33.5. The molecule has 2 fully saturated rings. The van der Waals surface area contributed by atoms with Crippen molar-refractivity contribution >= 4 is 29.8 Å². The van der Waals surface area contributed by atoms with Gasteiger partial charge in [-0.2, -0.15) is 0 Å². The van der Waals surface area contributed by atoms with Crippen molar-refractivity contribution in [2.24, 2.45) is 0 Å². The second kappa shape index (κ2) is 20.9. The Balaban J connectivity index is 1.30. The van der Waals surface area contributed by atoms with Crippen LogP contribution < -0.4 is 0 Å². The Hall–Kier alpha value is -6.79. The SMILES string of the molecule is O=C(OCC1O[C@@H](O)C(OC(=O)c2ccccc2)C(OC(=O)c2ccccc2)[C@@H]1O[C@@H]1OC(CO)[C@H](O)C(OC(=O)c2ccccc2)C1OC(=O)c1ccccc1)c1ccccc1. The molecule has 5 aromatic carbocycles. The fourth-order valence-corrected chi connectivity index (χ4v) is 6.90. The molecule has 2 heterocycles. The topological polar surface area (TPSA) is 220 Å². The molecule has 7 rings (SSSR count). The molecule has 0 spiro atoms. The first-order chi connectivity index (χ1) is 30.6. The van der Waals surface area contributed by atoms with Gasteiger partial charge in [-0.25, -0.2) is 24.0 Å². The molecule has 0 bridgehead atoms. The van der Waals surface area contributed by atoms with Crippen LogP contribution in [0.2, 0.25) is 0 Å². The number of benzene rings is 5. The maximum atomic E-state index is 13.9. The first kappa shape index (κ1) is 44.3. The third-order valence-corrected chi connectivity index (χ3v) is 10.1. The number of aliphatic hydroxyl groups is 3. The lowest BCUT2D eigenvalue weighted by atomic mass is 9.96. The van der Waals surface area contributed by atoms with Crippen LogP contribution in [0.5, 0.6) is 0 Å². The zero-order chi connectivity index (χ0) is 44.3. The molecular weight excluding hydrogens is 821 g/mol. The maximum Gasteiger partial charge on any atom is 0.338 e. The van der Waals surface area contributed by atoms with E-state index < -0.39 is 104 Å². The van der Waals surface area contributed by atoms with Crippen molar-refractivity contribution in [3.8, 4) is 0 Å². The Morgan fingerprint density at radius 1 is 0.429 bits per heavy atom. The fourth-order valence-electron chi connectivity index (χ4n) is 6.90. The minimum atomic E-state index is -2.04. The lowest BCUT2D eigenvalue weighted by Crippen LogP contribution is -2.66. The van der Waals surface area contributed by atoms with Crippen LogP contribution in [0.3, 0.4) is 0 Å². The van der Waals surface area contributed by atoms with Gasteiger partial charge in [-0.1, -0.05) is 91.0 Å². The maximum absolute atomic E-state index is 13.9. The number of esters is 5. The Kier molecular flexibility index (Phi) is 14.7. The highest BCUT2D eigenvalue weighted by Crippen LogP contribution is 2.35. The van der Waals surface area contributed by atoms with Gasteiger partial charge in [0.2, 0.25) is 0 Å². The molecule has 2 aliphatic rings. The molecule has 2 aliphatic heterocycles. The number of ether oxygens (including phenoxy) is 8. The second-order valence-corrected chi connectivity index (χ2v) is 14.3. The van der Waals surface area contributed by atoms with Crippen LogP contribution in [0.15, 0.2) is 152 Å². The lowest BCUT2D eigenvalue weighted by Gasteiger charge is -2.47. The van der Waals surface area contributed by atoms with E-state index in [9.17, 15) is 39.3 Å². The molecule has 0 aliphatic carbocycles.